The maximum absolute atomic E-state index is 5.99. The minimum Gasteiger partial charge on any atom is -0.306 e. The van der Waals surface area contributed by atoms with E-state index < -0.39 is 0 Å². The minimum atomic E-state index is 0.382. The predicted molar refractivity (Wildman–Crippen MR) is 86.0 cm³/mol. The second-order valence-electron chi connectivity index (χ2n) is 7.79. The molecule has 0 radical (unpaired) electrons. The molecule has 1 nitrogen and oxygen atoms in total. The monoisotopic (exact) mass is 291 g/mol. The number of benzene rings is 1. The number of fused-ring (bicyclic) bond motifs is 2. The van der Waals surface area contributed by atoms with Gasteiger partial charge in [-0.05, 0) is 60.6 Å². The summed E-state index contributed by atoms with van der Waals surface area (Å²) in [6.07, 6.45) is 4.19. The first kappa shape index (κ1) is 14.4. The van der Waals surface area contributed by atoms with Crippen molar-refractivity contribution in [3.05, 3.63) is 34.9 Å². The highest BCUT2D eigenvalue weighted by Gasteiger charge is 2.59. The van der Waals surface area contributed by atoms with Gasteiger partial charge in [0.2, 0.25) is 0 Å². The molecule has 0 aliphatic heterocycles. The van der Waals surface area contributed by atoms with Crippen molar-refractivity contribution in [1.82, 2.24) is 5.32 Å². The van der Waals surface area contributed by atoms with Crippen molar-refractivity contribution in [1.29, 1.82) is 0 Å². The molecule has 2 aliphatic rings. The first-order chi connectivity index (χ1) is 9.33. The fraction of sp³-hybridized carbons (Fsp3) is 0.667. The van der Waals surface area contributed by atoms with Crippen molar-refractivity contribution in [2.75, 3.05) is 0 Å². The van der Waals surface area contributed by atoms with Gasteiger partial charge >= 0.3 is 0 Å². The first-order valence-electron chi connectivity index (χ1n) is 7.84. The Labute approximate surface area is 128 Å². The van der Waals surface area contributed by atoms with Crippen LogP contribution in [0.15, 0.2) is 24.3 Å². The Kier molecular flexibility index (Phi) is 3.42. The molecule has 1 aromatic rings. The SMILES string of the molecule is C[C@@H](NC1C2(C)CCC(C2)C1(C)C)c1ccc(Cl)cc1. The van der Waals surface area contributed by atoms with Gasteiger partial charge in [0.25, 0.3) is 0 Å². The van der Waals surface area contributed by atoms with Gasteiger partial charge in [0.05, 0.1) is 0 Å². The van der Waals surface area contributed by atoms with Crippen LogP contribution in [0.2, 0.25) is 5.02 Å². The third-order valence-electron chi connectivity index (χ3n) is 6.06. The largest absolute Gasteiger partial charge is 0.306 e. The van der Waals surface area contributed by atoms with Gasteiger partial charge in [-0.2, -0.15) is 0 Å². The molecule has 1 N–H and O–H groups in total. The molecule has 3 unspecified atom stereocenters. The van der Waals surface area contributed by atoms with Crippen LogP contribution >= 0.6 is 11.6 Å². The molecule has 0 amide bonds. The zero-order valence-corrected chi connectivity index (χ0v) is 13.8. The lowest BCUT2D eigenvalue weighted by Crippen LogP contribution is -2.50. The highest BCUT2D eigenvalue weighted by molar-refractivity contribution is 6.30. The van der Waals surface area contributed by atoms with Gasteiger partial charge in [0, 0.05) is 17.1 Å². The molecular weight excluding hydrogens is 266 g/mol. The third kappa shape index (κ3) is 2.19. The number of nitrogens with one attached hydrogen (secondary N) is 1. The van der Waals surface area contributed by atoms with Gasteiger partial charge in [-0.25, -0.2) is 0 Å². The van der Waals surface area contributed by atoms with Crippen molar-refractivity contribution in [3.63, 3.8) is 0 Å². The summed E-state index contributed by atoms with van der Waals surface area (Å²) in [6.45, 7) is 9.66. The van der Waals surface area contributed by atoms with Gasteiger partial charge in [0.15, 0.2) is 0 Å². The van der Waals surface area contributed by atoms with Crippen LogP contribution in [0.25, 0.3) is 0 Å². The summed E-state index contributed by atoms with van der Waals surface area (Å²) >= 11 is 5.99. The van der Waals surface area contributed by atoms with Crippen LogP contribution in [0.4, 0.5) is 0 Å². The average Bonchev–Trinajstić information content (AvgIpc) is 2.86. The minimum absolute atomic E-state index is 0.382. The van der Waals surface area contributed by atoms with Crippen LogP contribution < -0.4 is 5.32 Å². The van der Waals surface area contributed by atoms with Crippen LogP contribution in [0.5, 0.6) is 0 Å². The van der Waals surface area contributed by atoms with E-state index in [-0.39, 0.29) is 0 Å². The van der Waals surface area contributed by atoms with Crippen LogP contribution in [0.1, 0.15) is 58.6 Å². The summed E-state index contributed by atoms with van der Waals surface area (Å²) in [4.78, 5) is 0. The zero-order valence-electron chi connectivity index (χ0n) is 13.0. The van der Waals surface area contributed by atoms with E-state index in [9.17, 15) is 0 Å². The summed E-state index contributed by atoms with van der Waals surface area (Å²) in [5.74, 6) is 0.891. The van der Waals surface area contributed by atoms with Crippen LogP contribution in [-0.2, 0) is 0 Å². The smallest absolute Gasteiger partial charge is 0.0406 e. The topological polar surface area (TPSA) is 12.0 Å². The zero-order chi connectivity index (χ0) is 14.5. The quantitative estimate of drug-likeness (QED) is 0.806. The summed E-state index contributed by atoms with van der Waals surface area (Å²) < 4.78 is 0. The standard InChI is InChI=1S/C18H26ClN/c1-12(13-5-7-15(19)8-6-13)20-16-17(2,3)14-9-10-18(16,4)11-14/h5-8,12,14,16,20H,9-11H2,1-4H3/t12-,14?,16?,18?/m1/s1. The van der Waals surface area contributed by atoms with E-state index in [2.05, 4.69) is 45.1 Å². The molecule has 3 rings (SSSR count). The fourth-order valence-corrected chi connectivity index (χ4v) is 4.94. The predicted octanol–water partition coefficient (Wildman–Crippen LogP) is 5.21. The van der Waals surface area contributed by atoms with E-state index in [1.807, 2.05) is 12.1 Å². The second kappa shape index (κ2) is 4.74. The van der Waals surface area contributed by atoms with E-state index >= 15 is 0 Å². The summed E-state index contributed by atoms with van der Waals surface area (Å²) in [6, 6.07) is 9.25. The van der Waals surface area contributed by atoms with Gasteiger partial charge in [-0.15, -0.1) is 0 Å². The average molecular weight is 292 g/mol. The summed E-state index contributed by atoms with van der Waals surface area (Å²) in [5.41, 5.74) is 2.22. The maximum Gasteiger partial charge on any atom is 0.0406 e. The molecule has 2 bridgehead atoms. The lowest BCUT2D eigenvalue weighted by molar-refractivity contribution is 0.100. The molecule has 110 valence electrons. The highest BCUT2D eigenvalue weighted by Crippen LogP contribution is 2.62. The normalized spacial score (nSPS) is 36.2. The van der Waals surface area contributed by atoms with Crippen LogP contribution in [0, 0.1) is 16.7 Å². The Morgan fingerprint density at radius 3 is 2.40 bits per heavy atom. The molecule has 2 saturated carbocycles. The molecule has 2 heteroatoms. The van der Waals surface area contributed by atoms with E-state index in [1.54, 1.807) is 0 Å². The van der Waals surface area contributed by atoms with Crippen molar-refractivity contribution < 1.29 is 0 Å². The van der Waals surface area contributed by atoms with Gasteiger partial charge in [-0.3, -0.25) is 0 Å². The molecule has 0 aromatic heterocycles. The van der Waals surface area contributed by atoms with Gasteiger partial charge < -0.3 is 5.32 Å². The number of hydrogen-bond donors (Lipinski definition) is 1. The Morgan fingerprint density at radius 1 is 1.20 bits per heavy atom. The molecule has 1 aromatic carbocycles. The third-order valence-corrected chi connectivity index (χ3v) is 6.31. The van der Waals surface area contributed by atoms with Crippen molar-refractivity contribution in [2.24, 2.45) is 16.7 Å². The maximum atomic E-state index is 5.99. The van der Waals surface area contributed by atoms with Crippen LogP contribution in [-0.4, -0.2) is 6.04 Å². The van der Waals surface area contributed by atoms with E-state index in [1.165, 1.54) is 24.8 Å². The molecule has 0 heterocycles. The Balaban J connectivity index is 1.78. The molecule has 4 atom stereocenters. The van der Waals surface area contributed by atoms with Gasteiger partial charge in [-0.1, -0.05) is 44.5 Å². The molecular formula is C18H26ClN. The van der Waals surface area contributed by atoms with E-state index in [4.69, 9.17) is 11.6 Å². The molecule has 20 heavy (non-hydrogen) atoms. The summed E-state index contributed by atoms with van der Waals surface area (Å²) in [7, 11) is 0. The Bertz CT molecular complexity index is 488. The highest BCUT2D eigenvalue weighted by atomic mass is 35.5. The van der Waals surface area contributed by atoms with Gasteiger partial charge in [0.1, 0.15) is 0 Å². The number of hydrogen-bond acceptors (Lipinski definition) is 1. The summed E-state index contributed by atoms with van der Waals surface area (Å²) in [5, 5.41) is 4.75. The van der Waals surface area contributed by atoms with E-state index in [0.29, 0.717) is 22.9 Å². The lowest BCUT2D eigenvalue weighted by atomic mass is 9.68. The lowest BCUT2D eigenvalue weighted by Gasteiger charge is -2.44. The molecule has 2 aliphatic carbocycles. The van der Waals surface area contributed by atoms with Crippen LogP contribution in [0.3, 0.4) is 0 Å². The molecule has 2 fully saturated rings. The fourth-order valence-electron chi connectivity index (χ4n) is 4.82. The van der Waals surface area contributed by atoms with E-state index in [0.717, 1.165) is 10.9 Å². The Hall–Kier alpha value is -0.530. The Morgan fingerprint density at radius 2 is 1.85 bits per heavy atom. The van der Waals surface area contributed by atoms with Crippen molar-refractivity contribution in [3.8, 4) is 0 Å². The van der Waals surface area contributed by atoms with Crippen molar-refractivity contribution in [2.45, 2.75) is 59.0 Å². The number of rotatable bonds is 3. The molecule has 0 spiro atoms. The number of halogens is 1. The van der Waals surface area contributed by atoms with Crippen molar-refractivity contribution >= 4 is 11.6 Å². The second-order valence-corrected chi connectivity index (χ2v) is 8.22. The first-order valence-corrected chi connectivity index (χ1v) is 8.22. The molecule has 0 saturated heterocycles.